The summed E-state index contributed by atoms with van der Waals surface area (Å²) in [6.07, 6.45) is 0. The molecule has 5 heteroatoms. The smallest absolute Gasteiger partial charge is 0.207 e. The maximum absolute atomic E-state index is 12.6. The molecule has 0 aromatic heterocycles. The SMILES string of the molecule is CN(Cc1ccc2ccccc2c1)S(=O)(=O)c1ccc(Cl)cc1. The highest BCUT2D eigenvalue weighted by Gasteiger charge is 2.20. The molecular formula is C18H16ClNO2S. The molecule has 118 valence electrons. The molecule has 0 saturated carbocycles. The number of halogens is 1. The molecule has 0 amide bonds. The van der Waals surface area contributed by atoms with E-state index in [0.29, 0.717) is 11.6 Å². The zero-order valence-corrected chi connectivity index (χ0v) is 14.2. The van der Waals surface area contributed by atoms with Crippen LogP contribution in [0.2, 0.25) is 5.02 Å². The van der Waals surface area contributed by atoms with E-state index in [0.717, 1.165) is 16.3 Å². The van der Waals surface area contributed by atoms with Crippen LogP contribution in [0.25, 0.3) is 10.8 Å². The molecule has 0 spiro atoms. The van der Waals surface area contributed by atoms with E-state index >= 15 is 0 Å². The van der Waals surface area contributed by atoms with Crippen LogP contribution in [-0.4, -0.2) is 19.8 Å². The van der Waals surface area contributed by atoms with Crippen molar-refractivity contribution in [2.75, 3.05) is 7.05 Å². The van der Waals surface area contributed by atoms with E-state index in [2.05, 4.69) is 0 Å². The third-order valence-corrected chi connectivity index (χ3v) is 5.81. The Morgan fingerprint density at radius 3 is 2.26 bits per heavy atom. The summed E-state index contributed by atoms with van der Waals surface area (Å²) in [7, 11) is -1.95. The highest BCUT2D eigenvalue weighted by molar-refractivity contribution is 7.89. The van der Waals surface area contributed by atoms with E-state index in [4.69, 9.17) is 11.6 Å². The number of sulfonamides is 1. The standard InChI is InChI=1S/C18H16ClNO2S/c1-20(23(21,22)18-10-8-17(19)9-11-18)13-14-6-7-15-4-2-3-5-16(15)12-14/h2-12H,13H2,1H3. The number of hydrogen-bond acceptors (Lipinski definition) is 2. The molecule has 0 fully saturated rings. The second-order valence-electron chi connectivity index (χ2n) is 5.40. The van der Waals surface area contributed by atoms with Crippen molar-refractivity contribution < 1.29 is 8.42 Å². The summed E-state index contributed by atoms with van der Waals surface area (Å²) in [5, 5.41) is 2.75. The van der Waals surface area contributed by atoms with E-state index in [-0.39, 0.29) is 4.90 Å². The van der Waals surface area contributed by atoms with Gasteiger partial charge < -0.3 is 0 Å². The summed E-state index contributed by atoms with van der Waals surface area (Å²) in [6.45, 7) is 0.315. The average Bonchev–Trinajstić information content (AvgIpc) is 2.55. The van der Waals surface area contributed by atoms with Gasteiger partial charge in [0.05, 0.1) is 4.90 Å². The molecule has 23 heavy (non-hydrogen) atoms. The van der Waals surface area contributed by atoms with E-state index in [1.807, 2.05) is 42.5 Å². The first-order valence-corrected chi connectivity index (χ1v) is 8.98. The molecule has 0 atom stereocenters. The minimum atomic E-state index is -3.53. The van der Waals surface area contributed by atoms with Crippen LogP contribution in [0.5, 0.6) is 0 Å². The number of rotatable bonds is 4. The second-order valence-corrected chi connectivity index (χ2v) is 7.88. The molecule has 0 heterocycles. The molecular weight excluding hydrogens is 330 g/mol. The van der Waals surface area contributed by atoms with Crippen molar-refractivity contribution in [3.63, 3.8) is 0 Å². The predicted octanol–water partition coefficient (Wildman–Crippen LogP) is 4.31. The Hall–Kier alpha value is -1.88. The maximum atomic E-state index is 12.6. The van der Waals surface area contributed by atoms with Gasteiger partial charge in [-0.05, 0) is 46.7 Å². The van der Waals surface area contributed by atoms with Crippen LogP contribution >= 0.6 is 11.6 Å². The fraction of sp³-hybridized carbons (Fsp3) is 0.111. The van der Waals surface area contributed by atoms with Crippen LogP contribution in [0.1, 0.15) is 5.56 Å². The predicted molar refractivity (Wildman–Crippen MR) is 94.1 cm³/mol. The van der Waals surface area contributed by atoms with Crippen molar-refractivity contribution in [2.45, 2.75) is 11.4 Å². The molecule has 3 aromatic rings. The third-order valence-electron chi connectivity index (χ3n) is 3.74. The lowest BCUT2D eigenvalue weighted by Gasteiger charge is -2.17. The van der Waals surface area contributed by atoms with Gasteiger partial charge in [-0.15, -0.1) is 0 Å². The fourth-order valence-corrected chi connectivity index (χ4v) is 3.75. The molecule has 0 unspecified atom stereocenters. The lowest BCUT2D eigenvalue weighted by atomic mass is 10.1. The van der Waals surface area contributed by atoms with Gasteiger partial charge in [0, 0.05) is 18.6 Å². The molecule has 0 N–H and O–H groups in total. The fourth-order valence-electron chi connectivity index (χ4n) is 2.47. The number of nitrogens with zero attached hydrogens (tertiary/aromatic N) is 1. The van der Waals surface area contributed by atoms with Crippen molar-refractivity contribution in [3.05, 3.63) is 77.3 Å². The van der Waals surface area contributed by atoms with Crippen molar-refractivity contribution in [2.24, 2.45) is 0 Å². The maximum Gasteiger partial charge on any atom is 0.243 e. The van der Waals surface area contributed by atoms with Crippen molar-refractivity contribution in [1.29, 1.82) is 0 Å². The van der Waals surface area contributed by atoms with Crippen molar-refractivity contribution in [1.82, 2.24) is 4.31 Å². The lowest BCUT2D eigenvalue weighted by Crippen LogP contribution is -2.26. The summed E-state index contributed by atoms with van der Waals surface area (Å²) in [5.74, 6) is 0. The molecule has 0 saturated heterocycles. The van der Waals surface area contributed by atoms with Crippen LogP contribution in [0, 0.1) is 0 Å². The highest BCUT2D eigenvalue weighted by Crippen LogP contribution is 2.21. The number of fused-ring (bicyclic) bond motifs is 1. The molecule has 3 rings (SSSR count). The lowest BCUT2D eigenvalue weighted by molar-refractivity contribution is 0.467. The monoisotopic (exact) mass is 345 g/mol. The van der Waals surface area contributed by atoms with E-state index < -0.39 is 10.0 Å². The first-order chi connectivity index (χ1) is 11.0. The van der Waals surface area contributed by atoms with E-state index in [1.165, 1.54) is 16.4 Å². The Morgan fingerprint density at radius 2 is 1.57 bits per heavy atom. The van der Waals surface area contributed by atoms with Crippen LogP contribution in [0.4, 0.5) is 0 Å². The minimum Gasteiger partial charge on any atom is -0.207 e. The molecule has 0 radical (unpaired) electrons. The van der Waals surface area contributed by atoms with Gasteiger partial charge in [-0.25, -0.2) is 8.42 Å². The first-order valence-electron chi connectivity index (χ1n) is 7.16. The normalized spacial score (nSPS) is 12.0. The second kappa shape index (κ2) is 6.32. The van der Waals surface area contributed by atoms with Gasteiger partial charge >= 0.3 is 0 Å². The molecule has 0 bridgehead atoms. The van der Waals surface area contributed by atoms with Gasteiger partial charge in [0.2, 0.25) is 10.0 Å². The van der Waals surface area contributed by atoms with Crippen molar-refractivity contribution in [3.8, 4) is 0 Å². The number of benzene rings is 3. The summed E-state index contributed by atoms with van der Waals surface area (Å²) in [4.78, 5) is 0.241. The topological polar surface area (TPSA) is 37.4 Å². The zero-order chi connectivity index (χ0) is 16.4. The third kappa shape index (κ3) is 3.39. The van der Waals surface area contributed by atoms with Gasteiger partial charge in [0.1, 0.15) is 0 Å². The quantitative estimate of drug-likeness (QED) is 0.706. The van der Waals surface area contributed by atoms with Gasteiger partial charge in [0.25, 0.3) is 0 Å². The van der Waals surface area contributed by atoms with Gasteiger partial charge in [-0.2, -0.15) is 4.31 Å². The van der Waals surface area contributed by atoms with E-state index in [9.17, 15) is 8.42 Å². The molecule has 0 aliphatic heterocycles. The van der Waals surface area contributed by atoms with Crippen LogP contribution in [0.15, 0.2) is 71.6 Å². The van der Waals surface area contributed by atoms with Gasteiger partial charge in [0.15, 0.2) is 0 Å². The molecule has 3 aromatic carbocycles. The minimum absolute atomic E-state index is 0.241. The van der Waals surface area contributed by atoms with Crippen LogP contribution in [-0.2, 0) is 16.6 Å². The molecule has 0 aliphatic rings. The zero-order valence-electron chi connectivity index (χ0n) is 12.6. The van der Waals surface area contributed by atoms with Gasteiger partial charge in [-0.1, -0.05) is 48.0 Å². The summed E-state index contributed by atoms with van der Waals surface area (Å²) in [6, 6.07) is 20.2. The van der Waals surface area contributed by atoms with Crippen LogP contribution < -0.4 is 0 Å². The summed E-state index contributed by atoms with van der Waals surface area (Å²) in [5.41, 5.74) is 0.948. The largest absolute Gasteiger partial charge is 0.243 e. The van der Waals surface area contributed by atoms with Gasteiger partial charge in [-0.3, -0.25) is 0 Å². The molecule has 0 aliphatic carbocycles. The van der Waals surface area contributed by atoms with E-state index in [1.54, 1.807) is 19.2 Å². The first kappa shape index (κ1) is 16.0. The van der Waals surface area contributed by atoms with Crippen molar-refractivity contribution >= 4 is 32.4 Å². The Morgan fingerprint density at radius 1 is 0.913 bits per heavy atom. The Bertz CT molecular complexity index is 937. The Labute approximate surface area is 141 Å². The Kier molecular flexibility index (Phi) is 4.39. The Balaban J connectivity index is 1.87. The highest BCUT2D eigenvalue weighted by atomic mass is 35.5. The molecule has 3 nitrogen and oxygen atoms in total. The van der Waals surface area contributed by atoms with Crippen LogP contribution in [0.3, 0.4) is 0 Å². The summed E-state index contributed by atoms with van der Waals surface area (Å²) >= 11 is 5.82. The summed E-state index contributed by atoms with van der Waals surface area (Å²) < 4.78 is 26.5. The number of hydrogen-bond donors (Lipinski definition) is 0. The average molecular weight is 346 g/mol.